The number of hydrogen-bond donors (Lipinski definition) is 1. The van der Waals surface area contributed by atoms with Crippen molar-refractivity contribution in [2.24, 2.45) is 0 Å². The number of nitrogen functional groups attached to an aromatic ring is 1. The molecule has 2 aromatic heterocycles. The zero-order chi connectivity index (χ0) is 14.8. The van der Waals surface area contributed by atoms with Gasteiger partial charge in [0.2, 0.25) is 5.88 Å². The van der Waals surface area contributed by atoms with Crippen LogP contribution in [0.1, 0.15) is 11.1 Å². The summed E-state index contributed by atoms with van der Waals surface area (Å²) in [4.78, 5) is 9.46. The molecular weight excluding hydrogens is 282 g/mol. The predicted molar refractivity (Wildman–Crippen MR) is 85.7 cm³/mol. The van der Waals surface area contributed by atoms with Gasteiger partial charge in [-0.25, -0.2) is 0 Å². The van der Waals surface area contributed by atoms with Crippen molar-refractivity contribution in [3.8, 4) is 22.1 Å². The second-order valence-corrected chi connectivity index (χ2v) is 5.67. The van der Waals surface area contributed by atoms with E-state index in [-0.39, 0.29) is 0 Å². The standard InChI is InChI=1S/C16H15N3OS/c1-10-7-15(19-16(17)11(10)2)20-13-5-3-12(4-6-13)14-8-18-9-21-14/h3-9H,1-2H3,(H2,17,19). The second kappa shape index (κ2) is 5.54. The van der Waals surface area contributed by atoms with Gasteiger partial charge in [-0.05, 0) is 54.8 Å². The third-order valence-corrected chi connectivity index (χ3v) is 4.16. The van der Waals surface area contributed by atoms with Gasteiger partial charge in [0.25, 0.3) is 0 Å². The minimum absolute atomic E-state index is 0.506. The van der Waals surface area contributed by atoms with Gasteiger partial charge < -0.3 is 10.5 Å². The summed E-state index contributed by atoms with van der Waals surface area (Å²) < 4.78 is 5.76. The van der Waals surface area contributed by atoms with Gasteiger partial charge in [-0.15, -0.1) is 11.3 Å². The van der Waals surface area contributed by atoms with E-state index in [0.29, 0.717) is 11.7 Å². The molecular formula is C16H15N3OS. The van der Waals surface area contributed by atoms with E-state index >= 15 is 0 Å². The number of ether oxygens (including phenoxy) is 1. The Labute approximate surface area is 127 Å². The predicted octanol–water partition coefficient (Wildman–Crippen LogP) is 4.20. The van der Waals surface area contributed by atoms with Gasteiger partial charge in [0.15, 0.2) is 0 Å². The van der Waals surface area contributed by atoms with Crippen molar-refractivity contribution in [1.29, 1.82) is 0 Å². The average molecular weight is 297 g/mol. The number of benzene rings is 1. The van der Waals surface area contributed by atoms with Crippen LogP contribution in [0.15, 0.2) is 42.0 Å². The van der Waals surface area contributed by atoms with E-state index in [1.54, 1.807) is 11.3 Å². The molecule has 3 aromatic rings. The first kappa shape index (κ1) is 13.6. The van der Waals surface area contributed by atoms with Crippen molar-refractivity contribution in [2.45, 2.75) is 13.8 Å². The van der Waals surface area contributed by atoms with Gasteiger partial charge in [0.05, 0.1) is 10.4 Å². The Bertz CT molecular complexity index is 729. The lowest BCUT2D eigenvalue weighted by Crippen LogP contribution is -1.98. The monoisotopic (exact) mass is 297 g/mol. The molecule has 0 aliphatic heterocycles. The summed E-state index contributed by atoms with van der Waals surface area (Å²) in [5.74, 6) is 1.76. The summed E-state index contributed by atoms with van der Waals surface area (Å²) in [6.45, 7) is 3.94. The molecule has 0 amide bonds. The zero-order valence-electron chi connectivity index (χ0n) is 11.8. The number of rotatable bonds is 3. The third-order valence-electron chi connectivity index (χ3n) is 3.34. The molecule has 5 heteroatoms. The van der Waals surface area contributed by atoms with Gasteiger partial charge in [-0.3, -0.25) is 4.98 Å². The molecule has 0 fully saturated rings. The first-order valence-corrected chi connectivity index (χ1v) is 7.42. The molecule has 0 saturated heterocycles. The summed E-state index contributed by atoms with van der Waals surface area (Å²) >= 11 is 1.61. The lowest BCUT2D eigenvalue weighted by molar-refractivity contribution is 0.463. The number of aryl methyl sites for hydroxylation is 1. The molecule has 1 aromatic carbocycles. The van der Waals surface area contributed by atoms with Gasteiger partial charge >= 0.3 is 0 Å². The SMILES string of the molecule is Cc1cc(Oc2ccc(-c3cncs3)cc2)nc(N)c1C. The molecule has 0 saturated carbocycles. The number of thiazole rings is 1. The Balaban J connectivity index is 1.82. The quantitative estimate of drug-likeness (QED) is 0.787. The molecule has 2 heterocycles. The number of nitrogens with two attached hydrogens (primary N) is 1. The minimum Gasteiger partial charge on any atom is -0.439 e. The Kier molecular flexibility index (Phi) is 3.58. The van der Waals surface area contributed by atoms with Gasteiger partial charge in [-0.1, -0.05) is 0 Å². The van der Waals surface area contributed by atoms with Gasteiger partial charge in [0.1, 0.15) is 11.6 Å². The van der Waals surface area contributed by atoms with E-state index in [2.05, 4.69) is 9.97 Å². The third kappa shape index (κ3) is 2.87. The van der Waals surface area contributed by atoms with Crippen LogP contribution >= 0.6 is 11.3 Å². The average Bonchev–Trinajstić information content (AvgIpc) is 3.00. The van der Waals surface area contributed by atoms with Crippen LogP contribution in [0, 0.1) is 13.8 Å². The molecule has 0 aliphatic rings. The molecule has 0 aliphatic carbocycles. The van der Waals surface area contributed by atoms with Crippen molar-refractivity contribution < 1.29 is 4.74 Å². The first-order chi connectivity index (χ1) is 10.1. The zero-order valence-corrected chi connectivity index (χ0v) is 12.6. The number of anilines is 1. The maximum Gasteiger partial charge on any atom is 0.221 e. The molecule has 106 valence electrons. The topological polar surface area (TPSA) is 61.0 Å². The Morgan fingerprint density at radius 3 is 2.52 bits per heavy atom. The first-order valence-electron chi connectivity index (χ1n) is 6.54. The minimum atomic E-state index is 0.506. The van der Waals surface area contributed by atoms with Crippen LogP contribution in [0.5, 0.6) is 11.6 Å². The van der Waals surface area contributed by atoms with Crippen molar-refractivity contribution >= 4 is 17.2 Å². The molecule has 0 unspecified atom stereocenters. The van der Waals surface area contributed by atoms with Crippen LogP contribution in [0.2, 0.25) is 0 Å². The van der Waals surface area contributed by atoms with Crippen LogP contribution in [0.4, 0.5) is 5.82 Å². The fourth-order valence-corrected chi connectivity index (χ4v) is 2.58. The molecule has 4 nitrogen and oxygen atoms in total. The number of nitrogens with zero attached hydrogens (tertiary/aromatic N) is 2. The summed E-state index contributed by atoms with van der Waals surface area (Å²) in [5, 5.41) is 0. The Morgan fingerprint density at radius 2 is 1.90 bits per heavy atom. The Morgan fingerprint density at radius 1 is 1.14 bits per heavy atom. The van der Waals surface area contributed by atoms with E-state index < -0.39 is 0 Å². The van der Waals surface area contributed by atoms with E-state index in [9.17, 15) is 0 Å². The maximum atomic E-state index is 5.87. The lowest BCUT2D eigenvalue weighted by atomic mass is 10.1. The van der Waals surface area contributed by atoms with Crippen molar-refractivity contribution in [3.05, 3.63) is 53.2 Å². The summed E-state index contributed by atoms with van der Waals surface area (Å²) in [6, 6.07) is 9.74. The highest BCUT2D eigenvalue weighted by molar-refractivity contribution is 7.13. The molecule has 21 heavy (non-hydrogen) atoms. The number of pyridine rings is 1. The van der Waals surface area contributed by atoms with Crippen LogP contribution in [0.25, 0.3) is 10.4 Å². The molecule has 0 bridgehead atoms. The smallest absolute Gasteiger partial charge is 0.221 e. The number of hydrogen-bond acceptors (Lipinski definition) is 5. The van der Waals surface area contributed by atoms with E-state index in [4.69, 9.17) is 10.5 Å². The molecule has 2 N–H and O–H groups in total. The summed E-state index contributed by atoms with van der Waals surface area (Å²) in [6.07, 6.45) is 1.85. The largest absolute Gasteiger partial charge is 0.439 e. The van der Waals surface area contributed by atoms with Crippen molar-refractivity contribution in [1.82, 2.24) is 9.97 Å². The highest BCUT2D eigenvalue weighted by Crippen LogP contribution is 2.28. The summed E-state index contributed by atoms with van der Waals surface area (Å²) in [5.41, 5.74) is 10.9. The van der Waals surface area contributed by atoms with E-state index in [0.717, 1.165) is 27.3 Å². The van der Waals surface area contributed by atoms with Gasteiger partial charge in [-0.2, -0.15) is 4.98 Å². The normalized spacial score (nSPS) is 10.6. The highest BCUT2D eigenvalue weighted by Gasteiger charge is 2.06. The van der Waals surface area contributed by atoms with E-state index in [1.165, 1.54) is 0 Å². The maximum absolute atomic E-state index is 5.87. The Hall–Kier alpha value is -2.40. The second-order valence-electron chi connectivity index (χ2n) is 4.78. The van der Waals surface area contributed by atoms with E-state index in [1.807, 2.05) is 55.9 Å². The van der Waals surface area contributed by atoms with Crippen LogP contribution < -0.4 is 10.5 Å². The highest BCUT2D eigenvalue weighted by atomic mass is 32.1. The van der Waals surface area contributed by atoms with Gasteiger partial charge in [0, 0.05) is 12.3 Å². The molecule has 0 atom stereocenters. The van der Waals surface area contributed by atoms with Crippen molar-refractivity contribution in [2.75, 3.05) is 5.73 Å². The van der Waals surface area contributed by atoms with Crippen LogP contribution in [-0.4, -0.2) is 9.97 Å². The molecule has 0 spiro atoms. The molecule has 0 radical (unpaired) electrons. The lowest BCUT2D eigenvalue weighted by Gasteiger charge is -2.09. The van der Waals surface area contributed by atoms with Crippen LogP contribution in [0.3, 0.4) is 0 Å². The molecule has 3 rings (SSSR count). The van der Waals surface area contributed by atoms with Crippen molar-refractivity contribution in [3.63, 3.8) is 0 Å². The fraction of sp³-hybridized carbons (Fsp3) is 0.125. The van der Waals surface area contributed by atoms with Crippen LogP contribution in [-0.2, 0) is 0 Å². The number of aromatic nitrogens is 2. The fourth-order valence-electron chi connectivity index (χ4n) is 1.95. The summed E-state index contributed by atoms with van der Waals surface area (Å²) in [7, 11) is 0.